The van der Waals surface area contributed by atoms with E-state index >= 15 is 0 Å². The fraction of sp³-hybridized carbons (Fsp3) is 0.611. The molecule has 7 nitrogen and oxygen atoms in total. The number of carbonyl (C=O) groups is 1. The Kier molecular flexibility index (Phi) is 7.17. The molecule has 0 amide bonds. The highest BCUT2D eigenvalue weighted by molar-refractivity contribution is 7.88. The molecule has 0 aromatic heterocycles. The van der Waals surface area contributed by atoms with Crippen LogP contribution in [0.15, 0.2) is 12.1 Å². The van der Waals surface area contributed by atoms with Gasteiger partial charge in [0.15, 0.2) is 6.29 Å². The number of halogens is 6. The fourth-order valence-electron chi connectivity index (χ4n) is 2.71. The molecule has 0 saturated heterocycles. The van der Waals surface area contributed by atoms with Gasteiger partial charge in [-0.1, -0.05) is 41.5 Å². The second-order valence-electron chi connectivity index (χ2n) is 9.17. The first-order valence-electron chi connectivity index (χ1n) is 8.94. The molecule has 0 aliphatic carbocycles. The molecule has 0 fully saturated rings. The van der Waals surface area contributed by atoms with Crippen LogP contribution in [-0.2, 0) is 31.1 Å². The molecular weight excluding hydrogens is 506 g/mol. The van der Waals surface area contributed by atoms with E-state index in [1.54, 1.807) is 41.5 Å². The average Bonchev–Trinajstić information content (AvgIpc) is 2.57. The summed E-state index contributed by atoms with van der Waals surface area (Å²) in [5.41, 5.74) is -1.69. The van der Waals surface area contributed by atoms with E-state index in [9.17, 15) is 48.0 Å². The highest BCUT2D eigenvalue weighted by atomic mass is 32.2. The first-order chi connectivity index (χ1) is 14.3. The zero-order valence-corrected chi connectivity index (χ0v) is 19.8. The van der Waals surface area contributed by atoms with Crippen molar-refractivity contribution in [3.63, 3.8) is 0 Å². The third-order valence-corrected chi connectivity index (χ3v) is 6.66. The summed E-state index contributed by atoms with van der Waals surface area (Å²) in [6, 6.07) is 1.57. The lowest BCUT2D eigenvalue weighted by molar-refractivity contribution is -0.247. The Balaban J connectivity index is 3.81. The summed E-state index contributed by atoms with van der Waals surface area (Å²) in [4.78, 5) is 11.7. The number of alkyl halides is 6. The molecule has 0 atom stereocenters. The summed E-state index contributed by atoms with van der Waals surface area (Å²) in [5.74, 6) is -8.14. The van der Waals surface area contributed by atoms with Gasteiger partial charge in [0, 0.05) is 5.56 Å². The second kappa shape index (κ2) is 8.12. The van der Waals surface area contributed by atoms with E-state index in [1.807, 2.05) is 0 Å². The van der Waals surface area contributed by atoms with Gasteiger partial charge in [0.1, 0.15) is 5.75 Å². The van der Waals surface area contributed by atoms with Gasteiger partial charge in [-0.25, -0.2) is 0 Å². The lowest BCUT2D eigenvalue weighted by Gasteiger charge is -2.31. The first-order valence-corrected chi connectivity index (χ1v) is 11.8. The van der Waals surface area contributed by atoms with E-state index in [1.165, 1.54) is 0 Å². The van der Waals surface area contributed by atoms with Gasteiger partial charge in [-0.3, -0.25) is 9.35 Å². The van der Waals surface area contributed by atoms with E-state index in [-0.39, 0.29) is 16.7 Å². The minimum Gasteiger partial charge on any atom is -0.378 e. The molecule has 190 valence electrons. The zero-order chi connectivity index (χ0) is 26.6. The van der Waals surface area contributed by atoms with Crippen molar-refractivity contribution in [3.05, 3.63) is 28.8 Å². The summed E-state index contributed by atoms with van der Waals surface area (Å²) in [6.07, 6.45) is 0.412. The van der Waals surface area contributed by atoms with Crippen LogP contribution < -0.4 is 4.18 Å². The zero-order valence-electron chi connectivity index (χ0n) is 18.2. The highest BCUT2D eigenvalue weighted by Crippen LogP contribution is 2.51. The molecule has 0 saturated carbocycles. The number of hydrogen-bond acceptors (Lipinski definition) is 6. The summed E-state index contributed by atoms with van der Waals surface area (Å²) in [6.45, 7) is 9.31. The standard InChI is InChI=1S/C18H22F6O7S2/c1-14(2,3)12-7-10(8-13(11(12)9-25)15(4,5)6)31-33(29,30)18(23,24)16(19,20)17(21,22)32(26,27)28/h7-9H,1-6H3,(H,26,27,28). The Bertz CT molecular complexity index is 1110. The molecule has 0 spiro atoms. The number of aldehydes is 1. The molecule has 0 unspecified atom stereocenters. The van der Waals surface area contributed by atoms with Gasteiger partial charge in [0.2, 0.25) is 0 Å². The van der Waals surface area contributed by atoms with Crippen LogP contribution in [0.5, 0.6) is 5.75 Å². The highest BCUT2D eigenvalue weighted by Gasteiger charge is 2.83. The number of benzene rings is 1. The van der Waals surface area contributed by atoms with Crippen LogP contribution in [0.1, 0.15) is 63.0 Å². The van der Waals surface area contributed by atoms with Gasteiger partial charge < -0.3 is 4.18 Å². The lowest BCUT2D eigenvalue weighted by Crippen LogP contribution is -2.61. The lowest BCUT2D eigenvalue weighted by atomic mass is 9.76. The molecule has 15 heteroatoms. The Morgan fingerprint density at radius 3 is 1.42 bits per heavy atom. The van der Waals surface area contributed by atoms with Crippen molar-refractivity contribution >= 4 is 26.5 Å². The average molecular weight is 528 g/mol. The van der Waals surface area contributed by atoms with E-state index in [0.717, 1.165) is 12.1 Å². The van der Waals surface area contributed by atoms with Crippen molar-refractivity contribution in [1.82, 2.24) is 0 Å². The Labute approximate surface area is 187 Å². The second-order valence-corrected chi connectivity index (χ2v) is 12.2. The fourth-order valence-corrected chi connectivity index (χ4v) is 4.12. The normalized spacial score (nSPS) is 14.8. The van der Waals surface area contributed by atoms with E-state index in [0.29, 0.717) is 6.29 Å². The number of carbonyl (C=O) groups excluding carboxylic acids is 1. The summed E-state index contributed by atoms with van der Waals surface area (Å²) in [7, 11) is -14.1. The van der Waals surface area contributed by atoms with Crippen LogP contribution in [0.3, 0.4) is 0 Å². The molecule has 0 aliphatic rings. The molecule has 0 aliphatic heterocycles. The van der Waals surface area contributed by atoms with Crippen molar-refractivity contribution in [2.45, 2.75) is 68.8 Å². The summed E-state index contributed by atoms with van der Waals surface area (Å²) >= 11 is 0. The topological polar surface area (TPSA) is 115 Å². The van der Waals surface area contributed by atoms with Crippen LogP contribution in [0.2, 0.25) is 0 Å². The molecule has 0 bridgehead atoms. The largest absolute Gasteiger partial charge is 0.450 e. The molecule has 1 rings (SSSR count). The Hall–Kier alpha value is -1.87. The molecule has 33 heavy (non-hydrogen) atoms. The SMILES string of the molecule is CC(C)(C)c1cc(OS(=O)(=O)C(F)(F)C(F)(F)C(F)(F)S(=O)(=O)O)cc(C(C)(C)C)c1C=O. The minimum atomic E-state index is -7.16. The van der Waals surface area contributed by atoms with Gasteiger partial charge in [-0.05, 0) is 34.1 Å². The quantitative estimate of drug-likeness (QED) is 0.240. The molecule has 1 N–H and O–H groups in total. The maximum Gasteiger partial charge on any atom is 0.450 e. The van der Waals surface area contributed by atoms with Crippen LogP contribution in [0, 0.1) is 0 Å². The van der Waals surface area contributed by atoms with E-state index < -0.39 is 53.2 Å². The molecule has 0 radical (unpaired) electrons. The van der Waals surface area contributed by atoms with E-state index in [2.05, 4.69) is 4.18 Å². The van der Waals surface area contributed by atoms with Crippen LogP contribution in [0.25, 0.3) is 0 Å². The maximum atomic E-state index is 14.1. The van der Waals surface area contributed by atoms with Gasteiger partial charge in [0.05, 0.1) is 0 Å². The summed E-state index contributed by atoms with van der Waals surface area (Å²) in [5, 5.41) is -13.7. The van der Waals surface area contributed by atoms with Crippen LogP contribution in [0.4, 0.5) is 26.3 Å². The van der Waals surface area contributed by atoms with Crippen molar-refractivity contribution in [2.24, 2.45) is 0 Å². The van der Waals surface area contributed by atoms with Gasteiger partial charge in [-0.15, -0.1) is 0 Å². The molecular formula is C18H22F6O7S2. The summed E-state index contributed by atoms with van der Waals surface area (Å²) < 4.78 is 140. The minimum absolute atomic E-state index is 0.0368. The monoisotopic (exact) mass is 528 g/mol. The smallest absolute Gasteiger partial charge is 0.378 e. The van der Waals surface area contributed by atoms with Crippen LogP contribution in [-0.4, -0.2) is 44.1 Å². The van der Waals surface area contributed by atoms with Crippen LogP contribution >= 0.6 is 0 Å². The Morgan fingerprint density at radius 2 is 1.15 bits per heavy atom. The third-order valence-electron chi connectivity index (χ3n) is 4.46. The number of hydrogen-bond donors (Lipinski definition) is 1. The van der Waals surface area contributed by atoms with Crippen molar-refractivity contribution in [3.8, 4) is 5.75 Å². The predicted molar refractivity (Wildman–Crippen MR) is 105 cm³/mol. The van der Waals surface area contributed by atoms with Crippen molar-refractivity contribution in [1.29, 1.82) is 0 Å². The predicted octanol–water partition coefficient (Wildman–Crippen LogP) is 4.51. The van der Waals surface area contributed by atoms with E-state index in [4.69, 9.17) is 4.55 Å². The van der Waals surface area contributed by atoms with Gasteiger partial charge in [-0.2, -0.15) is 43.2 Å². The van der Waals surface area contributed by atoms with Crippen molar-refractivity contribution in [2.75, 3.05) is 0 Å². The van der Waals surface area contributed by atoms with Gasteiger partial charge >= 0.3 is 36.7 Å². The third kappa shape index (κ3) is 4.99. The van der Waals surface area contributed by atoms with Gasteiger partial charge in [0.25, 0.3) is 0 Å². The molecule has 0 heterocycles. The van der Waals surface area contributed by atoms with Crippen molar-refractivity contribution < 1.29 is 56.7 Å². The number of rotatable bonds is 7. The first kappa shape index (κ1) is 29.2. The maximum absolute atomic E-state index is 14.1. The Morgan fingerprint density at radius 1 is 0.788 bits per heavy atom. The molecule has 1 aromatic rings. The molecule has 1 aromatic carbocycles.